The zero-order valence-electron chi connectivity index (χ0n) is 17.0. The van der Waals surface area contributed by atoms with E-state index in [4.69, 9.17) is 0 Å². The molecular weight excluding hydrogens is 402 g/mol. The summed E-state index contributed by atoms with van der Waals surface area (Å²) >= 11 is 0. The molecule has 1 N–H and O–H groups in total. The monoisotopic (exact) mass is 425 g/mol. The molecule has 1 saturated heterocycles. The van der Waals surface area contributed by atoms with Gasteiger partial charge in [-0.2, -0.15) is 0 Å². The number of nitrogens with one attached hydrogen (secondary N) is 1. The molecule has 10 nitrogen and oxygen atoms in total. The molecule has 1 aromatic heterocycles. The van der Waals surface area contributed by atoms with Gasteiger partial charge in [-0.1, -0.05) is 12.2 Å². The van der Waals surface area contributed by atoms with Gasteiger partial charge in [0.2, 0.25) is 11.8 Å². The molecule has 162 valence electrons. The van der Waals surface area contributed by atoms with Gasteiger partial charge in [-0.05, 0) is 30.7 Å². The fourth-order valence-electron chi connectivity index (χ4n) is 3.38. The van der Waals surface area contributed by atoms with Crippen LogP contribution >= 0.6 is 0 Å². The first-order valence-electron chi connectivity index (χ1n) is 9.74. The normalized spacial score (nSPS) is 13.3. The van der Waals surface area contributed by atoms with Gasteiger partial charge in [0.15, 0.2) is 0 Å². The smallest absolute Gasteiger partial charge is 0.325 e. The molecule has 3 rings (SSSR count). The summed E-state index contributed by atoms with van der Waals surface area (Å²) in [6.07, 6.45) is 4.03. The van der Waals surface area contributed by atoms with Crippen LogP contribution in [-0.4, -0.2) is 32.1 Å². The molecule has 10 heteroatoms. The summed E-state index contributed by atoms with van der Waals surface area (Å²) in [6.45, 7) is 6.89. The van der Waals surface area contributed by atoms with Crippen LogP contribution in [0.3, 0.4) is 0 Å². The Morgan fingerprint density at radius 1 is 0.903 bits per heavy atom. The molecule has 1 fully saturated rings. The van der Waals surface area contributed by atoms with Crippen molar-refractivity contribution < 1.29 is 9.59 Å². The number of carbonyl (C=O) groups excluding carboxylic acids is 2. The SMILES string of the molecule is C=CCn1c(=O)n(CC=C)c(=O)n(CC(=O)Nc2ccc(N3CCCC3=O)cc2)c1=O. The maximum absolute atomic E-state index is 12.6. The summed E-state index contributed by atoms with van der Waals surface area (Å²) in [5, 5.41) is 2.61. The predicted molar refractivity (Wildman–Crippen MR) is 116 cm³/mol. The lowest BCUT2D eigenvalue weighted by molar-refractivity contribution is -0.117. The molecule has 0 spiro atoms. The Labute approximate surface area is 177 Å². The Balaban J connectivity index is 1.83. The van der Waals surface area contributed by atoms with E-state index in [1.165, 1.54) is 12.2 Å². The molecule has 1 aliphatic rings. The second-order valence-electron chi connectivity index (χ2n) is 6.98. The number of anilines is 2. The minimum Gasteiger partial charge on any atom is -0.325 e. The van der Waals surface area contributed by atoms with Gasteiger partial charge in [0.25, 0.3) is 0 Å². The fourth-order valence-corrected chi connectivity index (χ4v) is 3.38. The molecule has 0 aliphatic carbocycles. The second kappa shape index (κ2) is 9.24. The highest BCUT2D eigenvalue weighted by Gasteiger charge is 2.21. The molecule has 1 aliphatic heterocycles. The minimum atomic E-state index is -0.895. The van der Waals surface area contributed by atoms with Crippen molar-refractivity contribution in [2.24, 2.45) is 0 Å². The Morgan fingerprint density at radius 3 is 1.94 bits per heavy atom. The zero-order valence-corrected chi connectivity index (χ0v) is 17.0. The predicted octanol–water partition coefficient (Wildman–Crippen LogP) is 0.309. The first-order chi connectivity index (χ1) is 14.9. The van der Waals surface area contributed by atoms with Crippen molar-refractivity contribution in [1.82, 2.24) is 13.7 Å². The number of aromatic nitrogens is 3. The lowest BCUT2D eigenvalue weighted by atomic mass is 10.2. The van der Waals surface area contributed by atoms with E-state index in [2.05, 4.69) is 18.5 Å². The summed E-state index contributed by atoms with van der Waals surface area (Å²) < 4.78 is 2.35. The van der Waals surface area contributed by atoms with Crippen LogP contribution in [0.1, 0.15) is 12.8 Å². The van der Waals surface area contributed by atoms with E-state index in [1.54, 1.807) is 29.2 Å². The van der Waals surface area contributed by atoms with Crippen molar-refractivity contribution in [1.29, 1.82) is 0 Å². The van der Waals surface area contributed by atoms with Crippen molar-refractivity contribution in [2.75, 3.05) is 16.8 Å². The molecule has 2 heterocycles. The highest BCUT2D eigenvalue weighted by Crippen LogP contribution is 2.22. The number of allylic oxidation sites excluding steroid dienone is 2. The van der Waals surface area contributed by atoms with Crippen LogP contribution in [0, 0.1) is 0 Å². The Morgan fingerprint density at radius 2 is 1.45 bits per heavy atom. The van der Waals surface area contributed by atoms with Crippen molar-refractivity contribution in [3.05, 3.63) is 81.0 Å². The molecule has 0 radical (unpaired) electrons. The molecule has 0 atom stereocenters. The van der Waals surface area contributed by atoms with Crippen LogP contribution in [0.25, 0.3) is 0 Å². The highest BCUT2D eigenvalue weighted by molar-refractivity contribution is 5.96. The molecular formula is C21H23N5O5. The standard InChI is InChI=1S/C21H23N5O5/c1-3-11-24-19(29)25(12-4-2)21(31)26(20(24)30)14-17(27)22-15-7-9-16(10-8-15)23-13-5-6-18(23)28/h3-4,7-10H,1-2,5-6,11-14H2,(H,22,27). The van der Waals surface area contributed by atoms with Gasteiger partial charge in [0.05, 0.1) is 13.1 Å². The van der Waals surface area contributed by atoms with Crippen molar-refractivity contribution in [3.8, 4) is 0 Å². The van der Waals surface area contributed by atoms with Crippen molar-refractivity contribution in [2.45, 2.75) is 32.5 Å². The lowest BCUT2D eigenvalue weighted by Gasteiger charge is -2.16. The van der Waals surface area contributed by atoms with E-state index >= 15 is 0 Å². The van der Waals surface area contributed by atoms with Crippen molar-refractivity contribution >= 4 is 23.2 Å². The molecule has 0 saturated carbocycles. The number of benzene rings is 1. The summed E-state index contributed by atoms with van der Waals surface area (Å²) in [7, 11) is 0. The Hall–Kier alpha value is -3.95. The lowest BCUT2D eigenvalue weighted by Crippen LogP contribution is -2.55. The number of nitrogens with zero attached hydrogens (tertiary/aromatic N) is 4. The average molecular weight is 425 g/mol. The molecule has 0 bridgehead atoms. The fraction of sp³-hybridized carbons (Fsp3) is 0.286. The first kappa shape index (κ1) is 21.8. The minimum absolute atomic E-state index is 0.0570. The van der Waals surface area contributed by atoms with E-state index < -0.39 is 29.5 Å². The molecule has 0 unspecified atom stereocenters. The van der Waals surface area contributed by atoms with E-state index in [0.717, 1.165) is 21.2 Å². The number of rotatable bonds is 8. The summed E-state index contributed by atoms with van der Waals surface area (Å²) in [5.41, 5.74) is -1.40. The Bertz CT molecular complexity index is 1150. The van der Waals surface area contributed by atoms with E-state index in [9.17, 15) is 24.0 Å². The van der Waals surface area contributed by atoms with Gasteiger partial charge >= 0.3 is 17.1 Å². The summed E-state index contributed by atoms with van der Waals surface area (Å²) in [4.78, 5) is 63.6. The largest absolute Gasteiger partial charge is 0.337 e. The van der Waals surface area contributed by atoms with E-state index in [0.29, 0.717) is 23.2 Å². The van der Waals surface area contributed by atoms with Gasteiger partial charge in [-0.25, -0.2) is 28.1 Å². The third-order valence-electron chi connectivity index (χ3n) is 4.85. The van der Waals surface area contributed by atoms with Gasteiger partial charge in [-0.15, -0.1) is 13.2 Å². The third kappa shape index (κ3) is 4.47. The zero-order chi connectivity index (χ0) is 22.5. The van der Waals surface area contributed by atoms with E-state index in [1.807, 2.05) is 0 Å². The average Bonchev–Trinajstić information content (AvgIpc) is 3.18. The van der Waals surface area contributed by atoms with Crippen LogP contribution in [-0.2, 0) is 29.2 Å². The van der Waals surface area contributed by atoms with E-state index in [-0.39, 0.29) is 19.0 Å². The van der Waals surface area contributed by atoms with Gasteiger partial charge in [0, 0.05) is 24.3 Å². The van der Waals surface area contributed by atoms with Gasteiger partial charge in [0.1, 0.15) is 6.54 Å². The number of amides is 2. The van der Waals surface area contributed by atoms with Gasteiger partial charge < -0.3 is 10.2 Å². The van der Waals surface area contributed by atoms with Crippen molar-refractivity contribution in [3.63, 3.8) is 0 Å². The molecule has 2 amide bonds. The maximum Gasteiger partial charge on any atom is 0.337 e. The summed E-state index contributed by atoms with van der Waals surface area (Å²) in [5.74, 6) is -0.556. The second-order valence-corrected chi connectivity index (χ2v) is 6.98. The van der Waals surface area contributed by atoms with Crippen LogP contribution in [0.5, 0.6) is 0 Å². The topological polar surface area (TPSA) is 115 Å². The van der Waals surface area contributed by atoms with Crippen LogP contribution in [0.4, 0.5) is 11.4 Å². The first-order valence-corrected chi connectivity index (χ1v) is 9.74. The highest BCUT2D eigenvalue weighted by atomic mass is 16.2. The number of hydrogen-bond donors (Lipinski definition) is 1. The maximum atomic E-state index is 12.6. The Kier molecular flexibility index (Phi) is 6.49. The number of hydrogen-bond acceptors (Lipinski definition) is 5. The number of carbonyl (C=O) groups is 2. The van der Waals surface area contributed by atoms with Gasteiger partial charge in [-0.3, -0.25) is 9.59 Å². The van der Waals surface area contributed by atoms with Crippen LogP contribution in [0.15, 0.2) is 64.0 Å². The quantitative estimate of drug-likeness (QED) is 0.611. The third-order valence-corrected chi connectivity index (χ3v) is 4.85. The molecule has 2 aromatic rings. The van der Waals surface area contributed by atoms with Crippen LogP contribution < -0.4 is 27.3 Å². The molecule has 1 aromatic carbocycles. The molecule has 31 heavy (non-hydrogen) atoms. The van der Waals surface area contributed by atoms with Crippen LogP contribution in [0.2, 0.25) is 0 Å². The summed E-state index contributed by atoms with van der Waals surface area (Å²) in [6, 6.07) is 6.70.